The first kappa shape index (κ1) is 26.8. The Kier molecular flexibility index (Phi) is 7.48. The van der Waals surface area contributed by atoms with E-state index in [-0.39, 0.29) is 12.1 Å². The zero-order valence-electron chi connectivity index (χ0n) is 21.2. The van der Waals surface area contributed by atoms with Crippen molar-refractivity contribution in [3.63, 3.8) is 0 Å². The SMILES string of the molecule is O=C(O)c1cc(C(=O)O)c(C(=O)N(Cc2cccc(-c3cccs3)c2)[C@H]2CCCc3ccccc32)cc1C(=O)O. The summed E-state index contributed by atoms with van der Waals surface area (Å²) in [6.07, 6.45) is 2.29. The molecule has 0 aliphatic heterocycles. The van der Waals surface area contributed by atoms with Gasteiger partial charge in [-0.2, -0.15) is 0 Å². The van der Waals surface area contributed by atoms with Crippen molar-refractivity contribution in [2.24, 2.45) is 0 Å². The molecule has 1 amide bonds. The summed E-state index contributed by atoms with van der Waals surface area (Å²) in [5, 5.41) is 31.1. The van der Waals surface area contributed by atoms with E-state index in [0.29, 0.717) is 6.42 Å². The molecular weight excluding hydrogens is 530 g/mol. The van der Waals surface area contributed by atoms with Crippen LogP contribution in [0.3, 0.4) is 0 Å². The van der Waals surface area contributed by atoms with E-state index < -0.39 is 46.5 Å². The smallest absolute Gasteiger partial charge is 0.336 e. The van der Waals surface area contributed by atoms with Crippen LogP contribution in [0.25, 0.3) is 10.4 Å². The normalized spacial score (nSPS) is 14.2. The van der Waals surface area contributed by atoms with Crippen molar-refractivity contribution in [1.29, 1.82) is 0 Å². The van der Waals surface area contributed by atoms with Gasteiger partial charge >= 0.3 is 17.9 Å². The Morgan fingerprint density at radius 2 is 1.45 bits per heavy atom. The summed E-state index contributed by atoms with van der Waals surface area (Å²) in [6, 6.07) is 20.7. The van der Waals surface area contributed by atoms with Gasteiger partial charge < -0.3 is 20.2 Å². The molecule has 0 saturated carbocycles. The molecular formula is C31H25NO7S. The minimum Gasteiger partial charge on any atom is -0.478 e. The third-order valence-electron chi connectivity index (χ3n) is 7.14. The third kappa shape index (κ3) is 5.23. The topological polar surface area (TPSA) is 132 Å². The lowest BCUT2D eigenvalue weighted by atomic mass is 9.86. The average molecular weight is 556 g/mol. The highest BCUT2D eigenvalue weighted by Gasteiger charge is 2.33. The predicted molar refractivity (Wildman–Crippen MR) is 149 cm³/mol. The maximum Gasteiger partial charge on any atom is 0.336 e. The first-order chi connectivity index (χ1) is 19.2. The van der Waals surface area contributed by atoms with Crippen LogP contribution in [0, 0.1) is 0 Å². The Labute approximate surface area is 233 Å². The molecule has 8 nitrogen and oxygen atoms in total. The van der Waals surface area contributed by atoms with Crippen molar-refractivity contribution in [2.45, 2.75) is 31.8 Å². The van der Waals surface area contributed by atoms with Gasteiger partial charge in [0.1, 0.15) is 0 Å². The van der Waals surface area contributed by atoms with Gasteiger partial charge in [0, 0.05) is 11.4 Å². The number of hydrogen-bond acceptors (Lipinski definition) is 5. The number of thiophene rings is 1. The molecule has 0 unspecified atom stereocenters. The van der Waals surface area contributed by atoms with Gasteiger partial charge in [0.2, 0.25) is 0 Å². The third-order valence-corrected chi connectivity index (χ3v) is 8.06. The largest absolute Gasteiger partial charge is 0.478 e. The number of nitrogens with zero attached hydrogens (tertiary/aromatic N) is 1. The summed E-state index contributed by atoms with van der Waals surface area (Å²) in [5.74, 6) is -5.37. The number of hydrogen-bond donors (Lipinski definition) is 3. The Morgan fingerprint density at radius 3 is 2.12 bits per heavy atom. The van der Waals surface area contributed by atoms with Gasteiger partial charge in [-0.1, -0.05) is 48.5 Å². The molecule has 5 rings (SSSR count). The Balaban J connectivity index is 1.65. The Bertz CT molecular complexity index is 1630. The van der Waals surface area contributed by atoms with Crippen LogP contribution in [-0.2, 0) is 13.0 Å². The lowest BCUT2D eigenvalue weighted by molar-refractivity contribution is 0.0611. The van der Waals surface area contributed by atoms with E-state index in [4.69, 9.17) is 0 Å². The maximum atomic E-state index is 14.3. The molecule has 202 valence electrons. The van der Waals surface area contributed by atoms with E-state index in [2.05, 4.69) is 0 Å². The van der Waals surface area contributed by atoms with Gasteiger partial charge in [-0.15, -0.1) is 11.3 Å². The second kappa shape index (κ2) is 11.2. The van der Waals surface area contributed by atoms with Crippen molar-refractivity contribution >= 4 is 35.2 Å². The van der Waals surface area contributed by atoms with Gasteiger partial charge in [0.25, 0.3) is 5.91 Å². The highest BCUT2D eigenvalue weighted by Crippen LogP contribution is 2.37. The van der Waals surface area contributed by atoms with E-state index in [1.54, 1.807) is 16.2 Å². The Hall–Kier alpha value is -4.76. The number of carbonyl (C=O) groups excluding carboxylic acids is 1. The lowest BCUT2D eigenvalue weighted by Crippen LogP contribution is -2.37. The monoisotopic (exact) mass is 555 g/mol. The fraction of sp³-hybridized carbons (Fsp3) is 0.161. The van der Waals surface area contributed by atoms with Crippen molar-refractivity contribution in [1.82, 2.24) is 4.90 Å². The molecule has 1 heterocycles. The summed E-state index contributed by atoms with van der Waals surface area (Å²) >= 11 is 1.59. The summed E-state index contributed by atoms with van der Waals surface area (Å²) in [6.45, 7) is 0.138. The van der Waals surface area contributed by atoms with Gasteiger partial charge in [-0.05, 0) is 71.2 Å². The van der Waals surface area contributed by atoms with Crippen LogP contribution in [-0.4, -0.2) is 44.0 Å². The Morgan fingerprint density at radius 1 is 0.775 bits per heavy atom. The molecule has 1 aliphatic carbocycles. The molecule has 4 aromatic rings. The summed E-state index contributed by atoms with van der Waals surface area (Å²) in [4.78, 5) is 52.8. The number of aromatic carboxylic acids is 3. The number of carboxylic acid groups (broad SMARTS) is 3. The van der Waals surface area contributed by atoms with E-state index >= 15 is 0 Å². The van der Waals surface area contributed by atoms with Gasteiger partial charge in [-0.25, -0.2) is 14.4 Å². The number of benzene rings is 3. The van der Waals surface area contributed by atoms with Crippen LogP contribution in [0.1, 0.15) is 77.0 Å². The number of rotatable bonds is 8. The quantitative estimate of drug-likeness (QED) is 0.235. The zero-order chi connectivity index (χ0) is 28.4. The molecule has 0 spiro atoms. The highest BCUT2D eigenvalue weighted by molar-refractivity contribution is 7.13. The number of carbonyl (C=O) groups is 4. The van der Waals surface area contributed by atoms with Crippen molar-refractivity contribution in [2.75, 3.05) is 0 Å². The van der Waals surface area contributed by atoms with Gasteiger partial charge in [-0.3, -0.25) is 4.79 Å². The van der Waals surface area contributed by atoms with Crippen LogP contribution in [0.15, 0.2) is 78.2 Å². The molecule has 1 aromatic heterocycles. The van der Waals surface area contributed by atoms with Crippen LogP contribution < -0.4 is 0 Å². The molecule has 9 heteroatoms. The minimum atomic E-state index is -1.60. The van der Waals surface area contributed by atoms with E-state index in [1.807, 2.05) is 66.0 Å². The van der Waals surface area contributed by atoms with E-state index in [1.165, 1.54) is 0 Å². The fourth-order valence-corrected chi connectivity index (χ4v) is 6.02. The average Bonchev–Trinajstić information content (AvgIpc) is 3.50. The van der Waals surface area contributed by atoms with Gasteiger partial charge in [0.05, 0.1) is 28.3 Å². The summed E-state index contributed by atoms with van der Waals surface area (Å²) in [5.41, 5.74) is 1.57. The summed E-state index contributed by atoms with van der Waals surface area (Å²) < 4.78 is 0. The minimum absolute atomic E-state index is 0.138. The van der Waals surface area contributed by atoms with Crippen LogP contribution >= 0.6 is 11.3 Å². The number of aryl methyl sites for hydroxylation is 1. The molecule has 0 fully saturated rings. The van der Waals surface area contributed by atoms with E-state index in [9.17, 15) is 34.5 Å². The van der Waals surface area contributed by atoms with Crippen molar-refractivity contribution in [3.8, 4) is 10.4 Å². The van der Waals surface area contributed by atoms with Crippen molar-refractivity contribution < 1.29 is 34.5 Å². The summed E-state index contributed by atoms with van der Waals surface area (Å²) in [7, 11) is 0. The van der Waals surface area contributed by atoms with Crippen LogP contribution in [0.4, 0.5) is 0 Å². The predicted octanol–water partition coefficient (Wildman–Crippen LogP) is 6.23. The molecule has 40 heavy (non-hydrogen) atoms. The van der Waals surface area contributed by atoms with Crippen molar-refractivity contribution in [3.05, 3.63) is 117 Å². The maximum absolute atomic E-state index is 14.3. The molecule has 1 aliphatic rings. The fourth-order valence-electron chi connectivity index (χ4n) is 5.30. The highest BCUT2D eigenvalue weighted by atomic mass is 32.1. The zero-order valence-corrected chi connectivity index (χ0v) is 22.1. The second-order valence-corrected chi connectivity index (χ2v) is 10.5. The molecule has 3 aromatic carbocycles. The van der Waals surface area contributed by atoms with Crippen LogP contribution in [0.5, 0.6) is 0 Å². The second-order valence-electron chi connectivity index (χ2n) is 9.58. The number of fused-ring (bicyclic) bond motifs is 1. The number of carboxylic acids is 3. The van der Waals surface area contributed by atoms with Crippen LogP contribution in [0.2, 0.25) is 0 Å². The molecule has 0 bridgehead atoms. The molecule has 0 saturated heterocycles. The molecule has 0 radical (unpaired) electrons. The first-order valence-electron chi connectivity index (χ1n) is 12.6. The molecule has 3 N–H and O–H groups in total. The molecule has 1 atom stereocenters. The lowest BCUT2D eigenvalue weighted by Gasteiger charge is -2.36. The standard InChI is InChI=1S/C31H25NO7S/c33-28(22-15-24(30(36)37)25(31(38)39)16-23(22)29(34)35)32(26-11-4-8-19-7-1-2-10-21(19)26)17-18-6-3-9-20(14-18)27-12-5-13-40-27/h1-3,5-7,9-10,12-16,26H,4,8,11,17H2,(H,34,35)(H,36,37)(H,38,39)/t26-/m0/s1. The number of amides is 1. The van der Waals surface area contributed by atoms with Gasteiger partial charge in [0.15, 0.2) is 0 Å². The van der Waals surface area contributed by atoms with E-state index in [0.717, 1.165) is 52.1 Å². The first-order valence-corrected chi connectivity index (χ1v) is 13.5.